The van der Waals surface area contributed by atoms with E-state index in [1.165, 1.54) is 0 Å². The van der Waals surface area contributed by atoms with Crippen LogP contribution in [0.25, 0.3) is 0 Å². The molecule has 47 valence electrons. The second kappa shape index (κ2) is 3.38. The maximum atomic E-state index is 5.33. The van der Waals surface area contributed by atoms with Gasteiger partial charge in [0.2, 0.25) is 0 Å². The first-order chi connectivity index (χ1) is 3.80. The minimum Gasteiger partial charge on any atom is -0.396 e. The molecule has 0 atom stereocenters. The molecule has 0 aliphatic heterocycles. The maximum absolute atomic E-state index is 5.33. The number of nitrogens with two attached hydrogens (primary N) is 2. The molecule has 0 saturated heterocycles. The van der Waals surface area contributed by atoms with Crippen molar-refractivity contribution in [1.82, 2.24) is 4.98 Å². The Morgan fingerprint density at radius 2 is 2.00 bits per heavy atom. The number of hydrogen-bond donors (Lipinski definition) is 2. The molecule has 0 saturated carbocycles. The van der Waals surface area contributed by atoms with Crippen molar-refractivity contribution in [2.75, 3.05) is 11.5 Å². The standard InChI is InChI=1S/C5H7N3.V/c6-4-2-1-3-8-5(4)7;/h1-3H,6H2,(H2,7,8);. The van der Waals surface area contributed by atoms with Crippen molar-refractivity contribution in [2.45, 2.75) is 0 Å². The van der Waals surface area contributed by atoms with Crippen molar-refractivity contribution in [3.05, 3.63) is 18.3 Å². The van der Waals surface area contributed by atoms with Crippen molar-refractivity contribution in [3.8, 4) is 0 Å². The minimum absolute atomic E-state index is 0. The molecule has 1 radical (unpaired) electrons. The Morgan fingerprint density at radius 1 is 1.33 bits per heavy atom. The molecular weight excluding hydrogens is 153 g/mol. The number of anilines is 2. The zero-order valence-corrected chi connectivity index (χ0v) is 6.18. The number of nitrogens with zero attached hydrogens (tertiary/aromatic N) is 1. The Morgan fingerprint density at radius 3 is 2.33 bits per heavy atom. The zero-order chi connectivity index (χ0) is 5.98. The van der Waals surface area contributed by atoms with E-state index in [1.807, 2.05) is 0 Å². The van der Waals surface area contributed by atoms with Crippen LogP contribution in [-0.4, -0.2) is 4.98 Å². The van der Waals surface area contributed by atoms with Gasteiger partial charge in [-0.2, -0.15) is 0 Å². The SMILES string of the molecule is Nc1cccnc1N.[V]. The van der Waals surface area contributed by atoms with Gasteiger partial charge in [0.15, 0.2) is 0 Å². The summed E-state index contributed by atoms with van der Waals surface area (Å²) in [6, 6.07) is 3.45. The average Bonchev–Trinajstić information content (AvgIpc) is 1.77. The molecule has 1 rings (SSSR count). The Kier molecular flexibility index (Phi) is 3.13. The fourth-order valence-corrected chi connectivity index (χ4v) is 0.430. The van der Waals surface area contributed by atoms with E-state index in [2.05, 4.69) is 4.98 Å². The van der Waals surface area contributed by atoms with Gasteiger partial charge in [0, 0.05) is 24.8 Å². The van der Waals surface area contributed by atoms with Gasteiger partial charge in [-0.25, -0.2) is 4.98 Å². The second-order valence-corrected chi connectivity index (χ2v) is 1.48. The number of pyridine rings is 1. The molecule has 0 fully saturated rings. The molecular formula is C5H7N3V. The monoisotopic (exact) mass is 160 g/mol. The number of rotatable bonds is 0. The Bertz CT molecular complexity index is 168. The van der Waals surface area contributed by atoms with E-state index in [9.17, 15) is 0 Å². The fraction of sp³-hybridized carbons (Fsp3) is 0. The summed E-state index contributed by atoms with van der Waals surface area (Å²) in [7, 11) is 0. The summed E-state index contributed by atoms with van der Waals surface area (Å²) in [6.07, 6.45) is 1.60. The van der Waals surface area contributed by atoms with Crippen molar-refractivity contribution in [3.63, 3.8) is 0 Å². The van der Waals surface area contributed by atoms with Crippen LogP contribution in [0, 0.1) is 0 Å². The first-order valence-electron chi connectivity index (χ1n) is 2.26. The molecule has 0 aliphatic rings. The molecule has 0 spiro atoms. The van der Waals surface area contributed by atoms with Crippen molar-refractivity contribution in [1.29, 1.82) is 0 Å². The topological polar surface area (TPSA) is 64.9 Å². The van der Waals surface area contributed by atoms with Crippen LogP contribution in [0.4, 0.5) is 11.5 Å². The summed E-state index contributed by atoms with van der Waals surface area (Å²) >= 11 is 0. The van der Waals surface area contributed by atoms with Crippen molar-refractivity contribution >= 4 is 11.5 Å². The summed E-state index contributed by atoms with van der Waals surface area (Å²) in [4.78, 5) is 3.73. The van der Waals surface area contributed by atoms with Gasteiger partial charge >= 0.3 is 0 Å². The number of aromatic nitrogens is 1. The van der Waals surface area contributed by atoms with Crippen LogP contribution >= 0.6 is 0 Å². The van der Waals surface area contributed by atoms with Crippen LogP contribution in [0.3, 0.4) is 0 Å². The summed E-state index contributed by atoms with van der Waals surface area (Å²) in [5.74, 6) is 0.396. The first-order valence-corrected chi connectivity index (χ1v) is 2.26. The van der Waals surface area contributed by atoms with E-state index in [-0.39, 0.29) is 18.6 Å². The molecule has 1 heterocycles. The zero-order valence-electron chi connectivity index (χ0n) is 4.78. The normalized spacial score (nSPS) is 8.00. The number of hydrogen-bond acceptors (Lipinski definition) is 3. The van der Waals surface area contributed by atoms with Gasteiger partial charge in [-0.1, -0.05) is 0 Å². The summed E-state index contributed by atoms with van der Waals surface area (Å²) in [6.45, 7) is 0. The molecule has 0 aliphatic carbocycles. The number of nitrogen functional groups attached to an aromatic ring is 2. The van der Waals surface area contributed by atoms with Gasteiger partial charge in [-0.3, -0.25) is 0 Å². The van der Waals surface area contributed by atoms with Gasteiger partial charge in [0.05, 0.1) is 5.69 Å². The van der Waals surface area contributed by atoms with Crippen LogP contribution in [0.1, 0.15) is 0 Å². The smallest absolute Gasteiger partial charge is 0.146 e. The van der Waals surface area contributed by atoms with Gasteiger partial charge in [-0.05, 0) is 12.1 Å². The van der Waals surface area contributed by atoms with Crippen LogP contribution in [0.5, 0.6) is 0 Å². The third-order valence-electron chi connectivity index (χ3n) is 0.871. The van der Waals surface area contributed by atoms with Crippen LogP contribution in [-0.2, 0) is 18.6 Å². The van der Waals surface area contributed by atoms with Crippen LogP contribution in [0.2, 0.25) is 0 Å². The van der Waals surface area contributed by atoms with E-state index in [4.69, 9.17) is 11.5 Å². The molecule has 4 heteroatoms. The minimum atomic E-state index is 0. The molecule has 0 aromatic carbocycles. The molecule has 1 aromatic heterocycles. The van der Waals surface area contributed by atoms with Gasteiger partial charge in [0.1, 0.15) is 5.82 Å². The molecule has 9 heavy (non-hydrogen) atoms. The molecule has 0 amide bonds. The fourth-order valence-electron chi connectivity index (χ4n) is 0.430. The molecule has 3 nitrogen and oxygen atoms in total. The predicted octanol–water partition coefficient (Wildman–Crippen LogP) is 0.244. The van der Waals surface area contributed by atoms with Crippen LogP contribution in [0.15, 0.2) is 18.3 Å². The van der Waals surface area contributed by atoms with Gasteiger partial charge in [-0.15, -0.1) is 0 Å². The summed E-state index contributed by atoms with van der Waals surface area (Å²) < 4.78 is 0. The summed E-state index contributed by atoms with van der Waals surface area (Å²) in [5, 5.41) is 0. The predicted molar refractivity (Wildman–Crippen MR) is 33.1 cm³/mol. The first kappa shape index (κ1) is 8.33. The van der Waals surface area contributed by atoms with E-state index in [0.29, 0.717) is 11.5 Å². The van der Waals surface area contributed by atoms with Crippen molar-refractivity contribution in [2.24, 2.45) is 0 Å². The third-order valence-corrected chi connectivity index (χ3v) is 0.871. The van der Waals surface area contributed by atoms with Crippen LogP contribution < -0.4 is 11.5 Å². The Labute approximate surface area is 65.3 Å². The van der Waals surface area contributed by atoms with E-state index in [0.717, 1.165) is 0 Å². The molecule has 4 N–H and O–H groups in total. The molecule has 1 aromatic rings. The van der Waals surface area contributed by atoms with Gasteiger partial charge < -0.3 is 11.5 Å². The summed E-state index contributed by atoms with van der Waals surface area (Å²) in [5.41, 5.74) is 11.2. The van der Waals surface area contributed by atoms with E-state index < -0.39 is 0 Å². The Hall–Kier alpha value is -0.666. The molecule has 0 bridgehead atoms. The maximum Gasteiger partial charge on any atom is 0.146 e. The Balaban J connectivity index is 0.000000640. The van der Waals surface area contributed by atoms with Crippen molar-refractivity contribution < 1.29 is 18.6 Å². The third kappa shape index (κ3) is 1.95. The second-order valence-electron chi connectivity index (χ2n) is 1.48. The molecule has 0 unspecified atom stereocenters. The van der Waals surface area contributed by atoms with E-state index in [1.54, 1.807) is 18.3 Å². The largest absolute Gasteiger partial charge is 0.396 e. The van der Waals surface area contributed by atoms with Gasteiger partial charge in [0.25, 0.3) is 0 Å². The van der Waals surface area contributed by atoms with E-state index >= 15 is 0 Å². The quantitative estimate of drug-likeness (QED) is 0.571. The average molecular weight is 160 g/mol.